The van der Waals surface area contributed by atoms with E-state index in [0.29, 0.717) is 11.5 Å². The molecule has 0 aromatic rings. The maximum Gasteiger partial charge on any atom is 0.0659 e. The smallest absolute Gasteiger partial charge is 0.0659 e. The van der Waals surface area contributed by atoms with E-state index >= 15 is 0 Å². The van der Waals surface area contributed by atoms with Crippen molar-refractivity contribution in [2.24, 2.45) is 17.3 Å². The van der Waals surface area contributed by atoms with Gasteiger partial charge in [0.15, 0.2) is 0 Å². The van der Waals surface area contributed by atoms with Gasteiger partial charge in [-0.15, -0.1) is 11.6 Å². The molecule has 0 aromatic carbocycles. The van der Waals surface area contributed by atoms with Crippen molar-refractivity contribution < 1.29 is 4.74 Å². The molecule has 4 atom stereocenters. The summed E-state index contributed by atoms with van der Waals surface area (Å²) in [6, 6.07) is 0. The molecule has 2 saturated carbocycles. The van der Waals surface area contributed by atoms with E-state index in [9.17, 15) is 0 Å². The van der Waals surface area contributed by atoms with Crippen molar-refractivity contribution in [3.63, 3.8) is 0 Å². The Hall–Kier alpha value is 0.250. The molecular formula is C16H29ClO. The summed E-state index contributed by atoms with van der Waals surface area (Å²) in [4.78, 5) is 0. The van der Waals surface area contributed by atoms with E-state index in [4.69, 9.17) is 16.3 Å². The zero-order valence-corrected chi connectivity index (χ0v) is 13.0. The van der Waals surface area contributed by atoms with Gasteiger partial charge in [0.05, 0.1) is 6.10 Å². The lowest BCUT2D eigenvalue weighted by Gasteiger charge is -2.53. The number of hydrogen-bond acceptors (Lipinski definition) is 1. The predicted octanol–water partition coefficient (Wildman–Crippen LogP) is 5.02. The van der Waals surface area contributed by atoms with Crippen molar-refractivity contribution in [1.82, 2.24) is 0 Å². The number of halogens is 1. The zero-order chi connectivity index (χ0) is 13.2. The van der Waals surface area contributed by atoms with Crippen LogP contribution < -0.4 is 0 Å². The first-order valence-corrected chi connectivity index (χ1v) is 8.31. The van der Waals surface area contributed by atoms with Gasteiger partial charge in [-0.05, 0) is 43.9 Å². The number of rotatable bonds is 5. The lowest BCUT2D eigenvalue weighted by atomic mass is 9.62. The van der Waals surface area contributed by atoms with Crippen molar-refractivity contribution in [2.45, 2.75) is 77.2 Å². The third-order valence-electron chi connectivity index (χ3n) is 5.58. The minimum absolute atomic E-state index is 0.266. The van der Waals surface area contributed by atoms with Crippen LogP contribution in [0, 0.1) is 17.3 Å². The van der Waals surface area contributed by atoms with Gasteiger partial charge < -0.3 is 4.74 Å². The van der Waals surface area contributed by atoms with E-state index in [0.717, 1.165) is 37.7 Å². The Bertz CT molecular complexity index is 262. The first-order chi connectivity index (χ1) is 8.62. The summed E-state index contributed by atoms with van der Waals surface area (Å²) in [5.41, 5.74) is 0.266. The number of hydrogen-bond donors (Lipinski definition) is 0. The van der Waals surface area contributed by atoms with Gasteiger partial charge in [-0.25, -0.2) is 0 Å². The molecule has 2 aliphatic carbocycles. The summed E-state index contributed by atoms with van der Waals surface area (Å²) in [5.74, 6) is 1.70. The Morgan fingerprint density at radius 3 is 2.44 bits per heavy atom. The van der Waals surface area contributed by atoms with Gasteiger partial charge in [0.25, 0.3) is 0 Å². The summed E-state index contributed by atoms with van der Waals surface area (Å²) < 4.78 is 6.25. The van der Waals surface area contributed by atoms with Gasteiger partial charge in [-0.2, -0.15) is 0 Å². The topological polar surface area (TPSA) is 9.23 Å². The monoisotopic (exact) mass is 272 g/mol. The lowest BCUT2D eigenvalue weighted by Crippen LogP contribution is -2.55. The standard InChI is InChI=1S/C16H29ClO/c1-4-16(5-2)14(17)10-15(16)18-11-13-8-6-7-12(3)9-13/h12-15H,4-11H2,1-3H3. The Labute approximate surface area is 118 Å². The van der Waals surface area contributed by atoms with Crippen molar-refractivity contribution in [2.75, 3.05) is 6.61 Å². The highest BCUT2D eigenvalue weighted by atomic mass is 35.5. The zero-order valence-electron chi connectivity index (χ0n) is 12.3. The molecule has 2 rings (SSSR count). The van der Waals surface area contributed by atoms with E-state index in [1.165, 1.54) is 25.7 Å². The van der Waals surface area contributed by atoms with Gasteiger partial charge in [-0.3, -0.25) is 0 Å². The molecule has 0 N–H and O–H groups in total. The fourth-order valence-corrected chi connectivity index (χ4v) is 4.66. The minimum Gasteiger partial charge on any atom is -0.377 e. The van der Waals surface area contributed by atoms with Gasteiger partial charge in [0, 0.05) is 17.4 Å². The average Bonchev–Trinajstić information content (AvgIpc) is 2.36. The SMILES string of the molecule is CCC1(CC)C(Cl)CC1OCC1CCCC(C)C1. The summed E-state index contributed by atoms with van der Waals surface area (Å²) in [5, 5.41) is 0.336. The third-order valence-corrected chi connectivity index (χ3v) is 6.19. The van der Waals surface area contributed by atoms with Gasteiger partial charge in [0.2, 0.25) is 0 Å². The fourth-order valence-electron chi connectivity index (χ4n) is 4.04. The molecule has 2 heteroatoms. The van der Waals surface area contributed by atoms with Gasteiger partial charge >= 0.3 is 0 Å². The molecule has 2 aliphatic rings. The highest BCUT2D eigenvalue weighted by molar-refractivity contribution is 6.21. The molecular weight excluding hydrogens is 244 g/mol. The lowest BCUT2D eigenvalue weighted by molar-refractivity contribution is -0.123. The largest absolute Gasteiger partial charge is 0.377 e. The average molecular weight is 273 g/mol. The van der Waals surface area contributed by atoms with Gasteiger partial charge in [-0.1, -0.05) is 33.6 Å². The molecule has 0 aliphatic heterocycles. The molecule has 0 saturated heterocycles. The molecule has 18 heavy (non-hydrogen) atoms. The molecule has 0 aromatic heterocycles. The third kappa shape index (κ3) is 2.72. The molecule has 0 radical (unpaired) electrons. The first kappa shape index (κ1) is 14.7. The second-order valence-corrected chi connectivity index (χ2v) is 7.13. The van der Waals surface area contributed by atoms with E-state index in [1.807, 2.05) is 0 Å². The molecule has 0 heterocycles. The predicted molar refractivity (Wildman–Crippen MR) is 78.1 cm³/mol. The van der Waals surface area contributed by atoms with E-state index in [1.54, 1.807) is 0 Å². The van der Waals surface area contributed by atoms with Crippen LogP contribution in [0.25, 0.3) is 0 Å². The van der Waals surface area contributed by atoms with Crippen LogP contribution >= 0.6 is 11.6 Å². The normalized spacial score (nSPS) is 39.3. The second kappa shape index (κ2) is 6.13. The molecule has 4 unspecified atom stereocenters. The molecule has 0 amide bonds. The molecule has 1 nitrogen and oxygen atoms in total. The Balaban J connectivity index is 1.80. The van der Waals surface area contributed by atoms with Crippen molar-refractivity contribution in [1.29, 1.82) is 0 Å². The molecule has 0 bridgehead atoms. The minimum atomic E-state index is 0.266. The van der Waals surface area contributed by atoms with Crippen molar-refractivity contribution in [3.8, 4) is 0 Å². The van der Waals surface area contributed by atoms with Crippen molar-refractivity contribution in [3.05, 3.63) is 0 Å². The second-order valence-electron chi connectivity index (χ2n) is 6.60. The molecule has 0 spiro atoms. The van der Waals surface area contributed by atoms with Crippen LogP contribution in [0.15, 0.2) is 0 Å². The van der Waals surface area contributed by atoms with Crippen LogP contribution in [0.2, 0.25) is 0 Å². The summed E-state index contributed by atoms with van der Waals surface area (Å²) >= 11 is 6.43. The van der Waals surface area contributed by atoms with Crippen molar-refractivity contribution >= 4 is 11.6 Å². The highest BCUT2D eigenvalue weighted by Crippen LogP contribution is 2.52. The van der Waals surface area contributed by atoms with Crippen LogP contribution in [0.3, 0.4) is 0 Å². The Morgan fingerprint density at radius 2 is 1.89 bits per heavy atom. The summed E-state index contributed by atoms with van der Waals surface area (Å²) in [6.07, 6.45) is 9.34. The van der Waals surface area contributed by atoms with Crippen LogP contribution in [0.5, 0.6) is 0 Å². The quantitative estimate of drug-likeness (QED) is 0.639. The molecule has 2 fully saturated rings. The Kier molecular flexibility index (Phi) is 4.99. The van der Waals surface area contributed by atoms with Crippen LogP contribution in [0.4, 0.5) is 0 Å². The van der Waals surface area contributed by atoms with Gasteiger partial charge in [0.1, 0.15) is 0 Å². The first-order valence-electron chi connectivity index (χ1n) is 7.88. The van der Waals surface area contributed by atoms with E-state index in [2.05, 4.69) is 20.8 Å². The van der Waals surface area contributed by atoms with E-state index in [-0.39, 0.29) is 5.41 Å². The highest BCUT2D eigenvalue weighted by Gasteiger charge is 2.52. The number of ether oxygens (including phenoxy) is 1. The fraction of sp³-hybridized carbons (Fsp3) is 1.00. The number of alkyl halides is 1. The molecule has 106 valence electrons. The van der Waals surface area contributed by atoms with Crippen LogP contribution in [-0.2, 0) is 4.74 Å². The summed E-state index contributed by atoms with van der Waals surface area (Å²) in [7, 11) is 0. The van der Waals surface area contributed by atoms with E-state index < -0.39 is 0 Å². The maximum absolute atomic E-state index is 6.43. The summed E-state index contributed by atoms with van der Waals surface area (Å²) in [6.45, 7) is 7.88. The van der Waals surface area contributed by atoms with Crippen LogP contribution in [-0.4, -0.2) is 18.1 Å². The maximum atomic E-state index is 6.43. The Morgan fingerprint density at radius 1 is 1.17 bits per heavy atom. The van der Waals surface area contributed by atoms with Crippen LogP contribution in [0.1, 0.15) is 65.7 Å².